The smallest absolute Gasteiger partial charge is 0.410 e. The van der Waals surface area contributed by atoms with Crippen LogP contribution in [0.2, 0.25) is 0 Å². The molecule has 2 aliphatic rings. The number of carbonyl (C=O) groups is 1. The van der Waals surface area contributed by atoms with Crippen molar-refractivity contribution in [2.24, 2.45) is 0 Å². The molecule has 1 amide bonds. The molecular weight excluding hydrogens is 247 g/mol. The zero-order valence-electron chi connectivity index (χ0n) is 12.2. The Balaban J connectivity index is 1.84. The highest BCUT2D eigenvalue weighted by molar-refractivity contribution is 5.68. The number of alkyl halides is 1. The highest BCUT2D eigenvalue weighted by atomic mass is 19.1. The van der Waals surface area contributed by atoms with Gasteiger partial charge < -0.3 is 15.0 Å². The number of hydrogen-bond acceptors (Lipinski definition) is 3. The number of ether oxygens (including phenoxy) is 1. The summed E-state index contributed by atoms with van der Waals surface area (Å²) in [6.07, 6.45) is 2.34. The number of hydrogen-bond donors (Lipinski definition) is 1. The lowest BCUT2D eigenvalue weighted by Gasteiger charge is -2.45. The molecule has 0 aromatic rings. The molecule has 2 heterocycles. The maximum Gasteiger partial charge on any atom is 0.410 e. The summed E-state index contributed by atoms with van der Waals surface area (Å²) in [7, 11) is 0. The van der Waals surface area contributed by atoms with Gasteiger partial charge in [0, 0.05) is 25.2 Å². The minimum absolute atomic E-state index is 0.0428. The van der Waals surface area contributed by atoms with E-state index in [1.54, 1.807) is 4.90 Å². The maximum atomic E-state index is 13.2. The van der Waals surface area contributed by atoms with E-state index in [1.807, 2.05) is 20.8 Å². The third-order valence-electron chi connectivity index (χ3n) is 4.01. The molecule has 2 fully saturated rings. The van der Waals surface area contributed by atoms with Crippen LogP contribution in [0.1, 0.15) is 46.5 Å². The van der Waals surface area contributed by atoms with Crippen molar-refractivity contribution in [3.8, 4) is 0 Å². The van der Waals surface area contributed by atoms with Crippen LogP contribution in [0.4, 0.5) is 9.18 Å². The normalized spacial score (nSPS) is 27.4. The minimum atomic E-state index is -0.713. The second-order valence-corrected chi connectivity index (χ2v) is 6.76. The highest BCUT2D eigenvalue weighted by Crippen LogP contribution is 2.31. The first-order chi connectivity index (χ1) is 8.80. The van der Waals surface area contributed by atoms with Gasteiger partial charge >= 0.3 is 6.09 Å². The van der Waals surface area contributed by atoms with Gasteiger partial charge in [0.1, 0.15) is 11.8 Å². The first kappa shape index (κ1) is 14.6. The third-order valence-corrected chi connectivity index (χ3v) is 4.01. The largest absolute Gasteiger partial charge is 0.444 e. The fourth-order valence-corrected chi connectivity index (χ4v) is 2.82. The first-order valence-corrected chi connectivity index (χ1v) is 7.17. The van der Waals surface area contributed by atoms with E-state index in [4.69, 9.17) is 4.74 Å². The Hall–Kier alpha value is -0.840. The van der Waals surface area contributed by atoms with Crippen molar-refractivity contribution >= 4 is 6.09 Å². The second-order valence-electron chi connectivity index (χ2n) is 6.76. The molecule has 0 aromatic heterocycles. The van der Waals surface area contributed by atoms with E-state index in [9.17, 15) is 9.18 Å². The summed E-state index contributed by atoms with van der Waals surface area (Å²) in [4.78, 5) is 13.7. The Morgan fingerprint density at radius 3 is 2.42 bits per heavy atom. The van der Waals surface area contributed by atoms with Gasteiger partial charge in [0.05, 0.1) is 0 Å². The summed E-state index contributed by atoms with van der Waals surface area (Å²) < 4.78 is 18.5. The topological polar surface area (TPSA) is 41.6 Å². The summed E-state index contributed by atoms with van der Waals surface area (Å²) in [5.41, 5.74) is -0.405. The lowest BCUT2D eigenvalue weighted by Crippen LogP contribution is -2.58. The van der Waals surface area contributed by atoms with Crippen molar-refractivity contribution in [2.45, 2.75) is 63.8 Å². The van der Waals surface area contributed by atoms with Crippen molar-refractivity contribution in [2.75, 3.05) is 19.6 Å². The van der Waals surface area contributed by atoms with Crippen LogP contribution >= 0.6 is 0 Å². The van der Waals surface area contributed by atoms with Gasteiger partial charge in [-0.15, -0.1) is 0 Å². The summed E-state index contributed by atoms with van der Waals surface area (Å²) >= 11 is 0. The van der Waals surface area contributed by atoms with Crippen LogP contribution < -0.4 is 5.32 Å². The van der Waals surface area contributed by atoms with Gasteiger partial charge in [-0.05, 0) is 46.5 Å². The molecule has 1 atom stereocenters. The summed E-state index contributed by atoms with van der Waals surface area (Å²) in [5.74, 6) is 0. The van der Waals surface area contributed by atoms with Crippen molar-refractivity contribution in [3.63, 3.8) is 0 Å². The average Bonchev–Trinajstić information content (AvgIpc) is 2.32. The van der Waals surface area contributed by atoms with Gasteiger partial charge in [-0.1, -0.05) is 0 Å². The van der Waals surface area contributed by atoms with Crippen molar-refractivity contribution in [1.82, 2.24) is 10.2 Å². The third kappa shape index (κ3) is 3.81. The predicted molar refractivity (Wildman–Crippen MR) is 71.9 cm³/mol. The Morgan fingerprint density at radius 2 is 1.95 bits per heavy atom. The second kappa shape index (κ2) is 5.27. The van der Waals surface area contributed by atoms with Crippen LogP contribution in [0.5, 0.6) is 0 Å². The van der Waals surface area contributed by atoms with E-state index in [-0.39, 0.29) is 11.6 Å². The first-order valence-electron chi connectivity index (χ1n) is 7.17. The lowest BCUT2D eigenvalue weighted by atomic mass is 9.80. The fourth-order valence-electron chi connectivity index (χ4n) is 2.82. The Bertz CT molecular complexity index is 323. The quantitative estimate of drug-likeness (QED) is 0.736. The molecule has 0 aromatic carbocycles. The number of amides is 1. The summed E-state index contributed by atoms with van der Waals surface area (Å²) in [6.45, 7) is 7.46. The van der Waals surface area contributed by atoms with Crippen molar-refractivity contribution < 1.29 is 13.9 Å². The Labute approximate surface area is 114 Å². The SMILES string of the molecule is CC(C)(C)OC(=O)N1CCC2(CC[C@H](F)CN2)CC1. The van der Waals surface area contributed by atoms with E-state index >= 15 is 0 Å². The van der Waals surface area contributed by atoms with Crippen LogP contribution in [0.25, 0.3) is 0 Å². The zero-order chi connectivity index (χ0) is 14.1. The molecular formula is C14H25FN2O2. The van der Waals surface area contributed by atoms with Gasteiger partial charge in [0.2, 0.25) is 0 Å². The fraction of sp³-hybridized carbons (Fsp3) is 0.929. The number of rotatable bonds is 0. The number of nitrogens with zero attached hydrogens (tertiary/aromatic N) is 1. The zero-order valence-corrected chi connectivity index (χ0v) is 12.2. The average molecular weight is 272 g/mol. The van der Waals surface area contributed by atoms with Gasteiger partial charge in [0.25, 0.3) is 0 Å². The molecule has 2 rings (SSSR count). The Morgan fingerprint density at radius 1 is 1.32 bits per heavy atom. The van der Waals surface area contributed by atoms with E-state index in [0.717, 1.165) is 19.3 Å². The van der Waals surface area contributed by atoms with E-state index < -0.39 is 11.8 Å². The van der Waals surface area contributed by atoms with Crippen LogP contribution in [-0.2, 0) is 4.74 Å². The number of piperidine rings is 2. The van der Waals surface area contributed by atoms with Crippen LogP contribution in [0.15, 0.2) is 0 Å². The maximum absolute atomic E-state index is 13.2. The molecule has 0 unspecified atom stereocenters. The highest BCUT2D eigenvalue weighted by Gasteiger charge is 2.39. The van der Waals surface area contributed by atoms with Crippen LogP contribution in [0.3, 0.4) is 0 Å². The van der Waals surface area contributed by atoms with Crippen LogP contribution in [0, 0.1) is 0 Å². The molecule has 4 nitrogen and oxygen atoms in total. The molecule has 0 bridgehead atoms. The molecule has 0 aliphatic carbocycles. The molecule has 5 heteroatoms. The lowest BCUT2D eigenvalue weighted by molar-refractivity contribution is 0.0105. The molecule has 19 heavy (non-hydrogen) atoms. The monoisotopic (exact) mass is 272 g/mol. The van der Waals surface area contributed by atoms with E-state index in [1.165, 1.54) is 0 Å². The standard InChI is InChI=1S/C14H25FN2O2/c1-13(2,3)19-12(18)17-8-6-14(7-9-17)5-4-11(15)10-16-14/h11,16H,4-10H2,1-3H3/t11-/m0/s1. The number of carbonyl (C=O) groups excluding carboxylic acids is 1. The summed E-state index contributed by atoms with van der Waals surface area (Å²) in [6, 6.07) is 0. The molecule has 1 N–H and O–H groups in total. The molecule has 0 saturated carbocycles. The molecule has 110 valence electrons. The number of nitrogens with one attached hydrogen (secondary N) is 1. The van der Waals surface area contributed by atoms with E-state index in [0.29, 0.717) is 26.1 Å². The molecule has 2 aliphatic heterocycles. The summed E-state index contributed by atoms with van der Waals surface area (Å²) in [5, 5.41) is 3.34. The van der Waals surface area contributed by atoms with E-state index in [2.05, 4.69) is 5.32 Å². The Kier molecular flexibility index (Phi) is 4.04. The molecule has 2 saturated heterocycles. The minimum Gasteiger partial charge on any atom is -0.444 e. The van der Waals surface area contributed by atoms with Gasteiger partial charge in [-0.25, -0.2) is 9.18 Å². The van der Waals surface area contributed by atoms with Gasteiger partial charge in [-0.3, -0.25) is 0 Å². The van der Waals surface area contributed by atoms with Gasteiger partial charge in [-0.2, -0.15) is 0 Å². The number of likely N-dealkylation sites (tertiary alicyclic amines) is 1. The predicted octanol–water partition coefficient (Wildman–Crippen LogP) is 2.48. The number of halogens is 1. The van der Waals surface area contributed by atoms with Crippen molar-refractivity contribution in [1.29, 1.82) is 0 Å². The molecule has 0 radical (unpaired) electrons. The van der Waals surface area contributed by atoms with Crippen LogP contribution in [-0.4, -0.2) is 47.9 Å². The van der Waals surface area contributed by atoms with Crippen molar-refractivity contribution in [3.05, 3.63) is 0 Å². The van der Waals surface area contributed by atoms with Gasteiger partial charge in [0.15, 0.2) is 0 Å². The molecule has 1 spiro atoms.